The molecular weight excluding hydrogens is 858 g/mol. The number of ether oxygens (including phenoxy) is 1. The fourth-order valence-corrected chi connectivity index (χ4v) is 7.25. The smallest absolute Gasteiger partial charge is 0.463 e. The van der Waals surface area contributed by atoms with E-state index >= 15 is 0 Å². The van der Waals surface area contributed by atoms with Gasteiger partial charge in [-0.25, -0.2) is 4.57 Å². The van der Waals surface area contributed by atoms with Gasteiger partial charge in [-0.3, -0.25) is 18.6 Å². The first kappa shape index (κ1) is 63.4. The molecule has 0 bridgehead atoms. The molecule has 0 aromatic carbocycles. The van der Waals surface area contributed by atoms with Crippen LogP contribution in [-0.2, 0) is 27.9 Å². The number of hydrogen-bond acceptors (Lipinski definition) is 7. The number of carbonyl (C=O) groups excluding carboxylic acids is 2. The van der Waals surface area contributed by atoms with Crippen molar-refractivity contribution in [1.82, 2.24) is 5.32 Å². The highest BCUT2D eigenvalue weighted by Crippen LogP contribution is 2.42. The number of aliphatic hydroxyl groups excluding tert-OH is 1. The van der Waals surface area contributed by atoms with E-state index < -0.39 is 26.5 Å². The van der Waals surface area contributed by atoms with Gasteiger partial charge < -0.3 is 20.1 Å². The molecule has 0 fully saturated rings. The summed E-state index contributed by atoms with van der Waals surface area (Å²) in [6, 6.07) is 0. The number of unbranched alkanes of at least 4 members (excludes halogenated alkanes) is 14. The van der Waals surface area contributed by atoms with Gasteiger partial charge in [-0.15, -0.1) is 0 Å². The molecule has 0 radical (unpaired) electrons. The summed E-state index contributed by atoms with van der Waals surface area (Å²) in [6.07, 6.45) is 71.4. The van der Waals surface area contributed by atoms with E-state index in [0.29, 0.717) is 12.8 Å². The molecule has 0 heterocycles. The zero-order valence-electron chi connectivity index (χ0n) is 42.0. The summed E-state index contributed by atoms with van der Waals surface area (Å²) in [6.45, 7) is 3.33. The molecule has 2 atom stereocenters. The van der Waals surface area contributed by atoms with Crippen molar-refractivity contribution in [1.29, 1.82) is 0 Å². The first-order valence-electron chi connectivity index (χ1n) is 26.0. The van der Waals surface area contributed by atoms with Crippen LogP contribution in [0.5, 0.6) is 0 Å². The van der Waals surface area contributed by atoms with Gasteiger partial charge in [0.1, 0.15) is 12.7 Å². The maximum atomic E-state index is 12.2. The second kappa shape index (κ2) is 51.8. The van der Waals surface area contributed by atoms with Crippen LogP contribution in [0.2, 0.25) is 0 Å². The average molecular weight is 952 g/mol. The highest BCUT2D eigenvalue weighted by atomic mass is 31.2. The van der Waals surface area contributed by atoms with Gasteiger partial charge in [0.25, 0.3) is 0 Å². The number of amides is 1. The fourth-order valence-electron chi connectivity index (χ4n) is 6.49. The van der Waals surface area contributed by atoms with Crippen LogP contribution in [0.1, 0.15) is 194 Å². The Morgan fingerprint density at radius 2 is 0.866 bits per heavy atom. The maximum absolute atomic E-state index is 12.2. The molecule has 0 spiro atoms. The van der Waals surface area contributed by atoms with Gasteiger partial charge in [-0.2, -0.15) is 0 Å². The number of phosphoric acid groups is 1. The molecule has 0 aliphatic rings. The molecule has 0 saturated carbocycles. The Morgan fingerprint density at radius 1 is 0.478 bits per heavy atom. The van der Waals surface area contributed by atoms with Crippen molar-refractivity contribution in [3.8, 4) is 0 Å². The van der Waals surface area contributed by atoms with E-state index in [9.17, 15) is 24.2 Å². The van der Waals surface area contributed by atoms with Crippen molar-refractivity contribution in [2.24, 2.45) is 0 Å². The highest BCUT2D eigenvalue weighted by Gasteiger charge is 2.23. The van der Waals surface area contributed by atoms with E-state index in [4.69, 9.17) is 13.8 Å². The quantitative estimate of drug-likeness (QED) is 0.0238. The van der Waals surface area contributed by atoms with E-state index in [-0.39, 0.29) is 32.1 Å². The lowest BCUT2D eigenvalue weighted by molar-refractivity contribution is -0.147. The number of carbonyl (C=O) groups is 2. The molecule has 0 rings (SSSR count). The van der Waals surface area contributed by atoms with Gasteiger partial charge in [0.15, 0.2) is 0 Å². The number of esters is 1. The third-order valence-corrected chi connectivity index (χ3v) is 11.4. The van der Waals surface area contributed by atoms with Crippen molar-refractivity contribution in [2.45, 2.75) is 200 Å². The third-order valence-electron chi connectivity index (χ3n) is 10.4. The molecule has 9 nitrogen and oxygen atoms in total. The summed E-state index contributed by atoms with van der Waals surface area (Å²) in [7, 11) is -4.45. The second-order valence-electron chi connectivity index (χ2n) is 16.8. The molecule has 0 aromatic heterocycles. The SMILES string of the molecule is CC/C=C\C/C=C\C/C=C\C/C=C\C/C=C\C/C=C\C/C=C\CCCC(=O)NCCOP(=O)(O)OCC(O)COC(=O)CCCCCCCCCCCC/C=C\C/C=C\C/C=C\CCCCC. The average Bonchev–Trinajstić information content (AvgIpc) is 3.32. The third kappa shape index (κ3) is 53.2. The van der Waals surface area contributed by atoms with Crippen molar-refractivity contribution in [3.05, 3.63) is 122 Å². The fraction of sp³-hybridized carbons (Fsp3) is 0.614. The molecule has 380 valence electrons. The normalized spacial score (nSPS) is 14.1. The molecular formula is C57H94NO8P. The van der Waals surface area contributed by atoms with Gasteiger partial charge in [-0.1, -0.05) is 200 Å². The van der Waals surface area contributed by atoms with Crippen LogP contribution in [0, 0.1) is 0 Å². The molecule has 0 aliphatic carbocycles. The first-order valence-corrected chi connectivity index (χ1v) is 27.5. The molecule has 0 aliphatic heterocycles. The molecule has 0 saturated heterocycles. The van der Waals surface area contributed by atoms with Crippen LogP contribution in [0.15, 0.2) is 122 Å². The molecule has 10 heteroatoms. The lowest BCUT2D eigenvalue weighted by Gasteiger charge is -2.15. The summed E-state index contributed by atoms with van der Waals surface area (Å²) < 4.78 is 27.0. The van der Waals surface area contributed by atoms with Crippen LogP contribution < -0.4 is 5.32 Å². The minimum atomic E-state index is -4.45. The summed E-state index contributed by atoms with van der Waals surface area (Å²) in [5.41, 5.74) is 0. The number of rotatable bonds is 47. The Morgan fingerprint density at radius 3 is 1.31 bits per heavy atom. The minimum absolute atomic E-state index is 0.0423. The molecule has 2 unspecified atom stereocenters. The Labute approximate surface area is 409 Å². The molecule has 1 amide bonds. The predicted octanol–water partition coefficient (Wildman–Crippen LogP) is 15.7. The highest BCUT2D eigenvalue weighted by molar-refractivity contribution is 7.47. The topological polar surface area (TPSA) is 131 Å². The van der Waals surface area contributed by atoms with Crippen molar-refractivity contribution in [2.75, 3.05) is 26.4 Å². The van der Waals surface area contributed by atoms with Gasteiger partial charge in [0, 0.05) is 19.4 Å². The van der Waals surface area contributed by atoms with E-state index in [1.807, 2.05) is 0 Å². The number of aliphatic hydroxyl groups is 1. The van der Waals surface area contributed by atoms with Gasteiger partial charge >= 0.3 is 13.8 Å². The van der Waals surface area contributed by atoms with Crippen LogP contribution in [0.3, 0.4) is 0 Å². The molecule has 67 heavy (non-hydrogen) atoms. The van der Waals surface area contributed by atoms with Crippen molar-refractivity contribution >= 4 is 19.7 Å². The number of allylic oxidation sites excluding steroid dienone is 20. The van der Waals surface area contributed by atoms with E-state index in [0.717, 1.165) is 96.3 Å². The Bertz CT molecular complexity index is 1500. The van der Waals surface area contributed by atoms with Crippen molar-refractivity contribution < 1.29 is 37.9 Å². The number of phosphoric ester groups is 1. The standard InChI is InChI=1S/C57H94NO8P/c1-3-5-7-9-11-13-15-17-19-21-23-25-27-29-31-33-35-37-39-41-43-45-47-49-56(60)58-51-52-65-67(62,63)66-54-55(59)53-64-57(61)50-48-46-44-42-40-38-36-34-32-30-28-26-24-22-20-18-16-14-12-10-8-6-4-2/h5,7,11-14,17-20,23-26,29,31,35,37,41,43,55,59H,3-4,6,8-10,15-16,21-22,27-28,30,32-34,36,38-40,42,44-54H2,1-2H3,(H,58,60)(H,62,63)/b7-5-,13-11-,14-12-,19-17-,20-18-,25-23-,26-24-,31-29-,37-35-,43-41-. The lowest BCUT2D eigenvalue weighted by atomic mass is 10.1. The Kier molecular flexibility index (Phi) is 49.0. The van der Waals surface area contributed by atoms with Gasteiger partial charge in [-0.05, 0) is 103 Å². The van der Waals surface area contributed by atoms with Crippen LogP contribution in [-0.4, -0.2) is 54.3 Å². The van der Waals surface area contributed by atoms with Crippen molar-refractivity contribution in [3.63, 3.8) is 0 Å². The van der Waals surface area contributed by atoms with E-state index in [2.05, 4.69) is 141 Å². The summed E-state index contributed by atoms with van der Waals surface area (Å²) in [5, 5.41) is 12.7. The summed E-state index contributed by atoms with van der Waals surface area (Å²) in [5.74, 6) is -0.589. The Hall–Kier alpha value is -3.59. The van der Waals surface area contributed by atoms with E-state index in [1.54, 1.807) is 0 Å². The first-order chi connectivity index (χ1) is 32.8. The summed E-state index contributed by atoms with van der Waals surface area (Å²) in [4.78, 5) is 34.1. The van der Waals surface area contributed by atoms with E-state index in [1.165, 1.54) is 64.2 Å². The Balaban J connectivity index is 3.69. The zero-order valence-corrected chi connectivity index (χ0v) is 42.9. The monoisotopic (exact) mass is 952 g/mol. The zero-order chi connectivity index (χ0) is 48.8. The largest absolute Gasteiger partial charge is 0.472 e. The van der Waals surface area contributed by atoms with Crippen LogP contribution >= 0.6 is 7.82 Å². The lowest BCUT2D eigenvalue weighted by Crippen LogP contribution is -2.27. The molecule has 3 N–H and O–H groups in total. The van der Waals surface area contributed by atoms with Crippen LogP contribution in [0.25, 0.3) is 0 Å². The predicted molar refractivity (Wildman–Crippen MR) is 284 cm³/mol. The van der Waals surface area contributed by atoms with Crippen LogP contribution in [0.4, 0.5) is 0 Å². The summed E-state index contributed by atoms with van der Waals surface area (Å²) >= 11 is 0. The number of nitrogens with one attached hydrogen (secondary N) is 1. The van der Waals surface area contributed by atoms with Gasteiger partial charge in [0.05, 0.1) is 13.2 Å². The maximum Gasteiger partial charge on any atom is 0.472 e. The number of hydrogen-bond donors (Lipinski definition) is 3. The van der Waals surface area contributed by atoms with Gasteiger partial charge in [0.2, 0.25) is 5.91 Å². The minimum Gasteiger partial charge on any atom is -0.463 e. The second-order valence-corrected chi connectivity index (χ2v) is 18.2. The molecule has 0 aromatic rings.